The molecule has 0 atom stereocenters. The van der Waals surface area contributed by atoms with Crippen LogP contribution in [0.15, 0.2) is 0 Å². The van der Waals surface area contributed by atoms with Crippen molar-refractivity contribution in [1.82, 2.24) is 0 Å². The summed E-state index contributed by atoms with van der Waals surface area (Å²) in [7, 11) is 0. The van der Waals surface area contributed by atoms with Gasteiger partial charge >= 0.3 is 35.5 Å². The predicted octanol–water partition coefficient (Wildman–Crippen LogP) is 5.29. The van der Waals surface area contributed by atoms with Gasteiger partial charge in [0, 0.05) is 6.42 Å². The van der Waals surface area contributed by atoms with Crippen molar-refractivity contribution in [2.75, 3.05) is 0 Å². The van der Waals surface area contributed by atoms with E-state index < -0.39 is 5.97 Å². The molecule has 0 fully saturated rings. The summed E-state index contributed by atoms with van der Waals surface area (Å²) in [5.41, 5.74) is 0. The van der Waals surface area contributed by atoms with Crippen molar-refractivity contribution in [2.24, 2.45) is 0 Å². The molecule has 116 valence electrons. The standard InChI is InChI=1S/C17H34O2.Na.H/c1-2-3-4-5-6-7-8-9-10-11-12-13-14-15-16-17(18)19;;/h2-16H2,1H3,(H,18,19);;. The van der Waals surface area contributed by atoms with Gasteiger partial charge in [-0.15, -0.1) is 0 Å². The van der Waals surface area contributed by atoms with Crippen LogP contribution in [0.3, 0.4) is 0 Å². The molecular formula is C17H35NaO2. The maximum atomic E-state index is 10.3. The van der Waals surface area contributed by atoms with Crippen LogP contribution in [0.4, 0.5) is 0 Å². The number of aliphatic carboxylic acids is 1. The first kappa shape index (κ1) is 22.7. The summed E-state index contributed by atoms with van der Waals surface area (Å²) in [6.45, 7) is 2.27. The van der Waals surface area contributed by atoms with E-state index in [9.17, 15) is 4.79 Å². The zero-order chi connectivity index (χ0) is 14.2. The minimum absolute atomic E-state index is 0. The first-order valence-electron chi connectivity index (χ1n) is 8.49. The van der Waals surface area contributed by atoms with Crippen molar-refractivity contribution >= 4 is 35.5 Å². The van der Waals surface area contributed by atoms with Crippen LogP contribution in [0.25, 0.3) is 0 Å². The molecule has 0 bridgehead atoms. The van der Waals surface area contributed by atoms with E-state index in [1.54, 1.807) is 0 Å². The van der Waals surface area contributed by atoms with Crippen molar-refractivity contribution in [1.29, 1.82) is 0 Å². The van der Waals surface area contributed by atoms with E-state index in [-0.39, 0.29) is 29.6 Å². The fourth-order valence-electron chi connectivity index (χ4n) is 2.47. The normalized spacial score (nSPS) is 10.2. The molecule has 20 heavy (non-hydrogen) atoms. The Morgan fingerprint density at radius 3 is 1.25 bits per heavy atom. The minimum atomic E-state index is -0.654. The Kier molecular flexibility index (Phi) is 22.1. The molecular weight excluding hydrogens is 259 g/mol. The van der Waals surface area contributed by atoms with Gasteiger partial charge in [-0.1, -0.05) is 90.4 Å². The van der Waals surface area contributed by atoms with Gasteiger partial charge in [0.2, 0.25) is 0 Å². The van der Waals surface area contributed by atoms with Gasteiger partial charge < -0.3 is 5.11 Å². The topological polar surface area (TPSA) is 37.3 Å². The molecule has 0 radical (unpaired) electrons. The van der Waals surface area contributed by atoms with E-state index in [2.05, 4.69) is 6.92 Å². The molecule has 0 aromatic rings. The van der Waals surface area contributed by atoms with Gasteiger partial charge in [-0.2, -0.15) is 0 Å². The zero-order valence-electron chi connectivity index (χ0n) is 13.0. The Morgan fingerprint density at radius 2 is 0.950 bits per heavy atom. The molecule has 0 heterocycles. The molecule has 0 aromatic carbocycles. The molecule has 2 nitrogen and oxygen atoms in total. The molecule has 0 aromatic heterocycles. The Morgan fingerprint density at radius 1 is 0.650 bits per heavy atom. The molecule has 0 aliphatic rings. The second-order valence-electron chi connectivity index (χ2n) is 5.74. The van der Waals surface area contributed by atoms with E-state index in [1.165, 1.54) is 77.0 Å². The molecule has 0 aliphatic carbocycles. The summed E-state index contributed by atoms with van der Waals surface area (Å²) in [6, 6.07) is 0. The van der Waals surface area contributed by atoms with Gasteiger partial charge in [-0.3, -0.25) is 4.79 Å². The van der Waals surface area contributed by atoms with Crippen LogP contribution in [-0.4, -0.2) is 40.6 Å². The molecule has 0 amide bonds. The number of hydrogen-bond donors (Lipinski definition) is 1. The maximum absolute atomic E-state index is 10.3. The predicted molar refractivity (Wildman–Crippen MR) is 89.7 cm³/mol. The molecule has 3 heteroatoms. The van der Waals surface area contributed by atoms with E-state index >= 15 is 0 Å². The Hall–Kier alpha value is 0.470. The second-order valence-corrected chi connectivity index (χ2v) is 5.74. The van der Waals surface area contributed by atoms with Crippen LogP contribution in [0.1, 0.15) is 103 Å². The van der Waals surface area contributed by atoms with E-state index in [0.29, 0.717) is 6.42 Å². The fraction of sp³-hybridized carbons (Fsp3) is 0.941. The van der Waals surface area contributed by atoms with Crippen molar-refractivity contribution in [2.45, 2.75) is 103 Å². The van der Waals surface area contributed by atoms with E-state index in [1.807, 2.05) is 0 Å². The van der Waals surface area contributed by atoms with Crippen LogP contribution < -0.4 is 0 Å². The molecule has 0 aliphatic heterocycles. The summed E-state index contributed by atoms with van der Waals surface area (Å²) < 4.78 is 0. The van der Waals surface area contributed by atoms with Crippen LogP contribution in [-0.2, 0) is 4.79 Å². The van der Waals surface area contributed by atoms with Crippen LogP contribution in [0.5, 0.6) is 0 Å². The van der Waals surface area contributed by atoms with Gasteiger partial charge in [0.1, 0.15) is 0 Å². The quantitative estimate of drug-likeness (QED) is 0.329. The molecule has 0 saturated carbocycles. The zero-order valence-corrected chi connectivity index (χ0v) is 13.0. The van der Waals surface area contributed by atoms with Crippen molar-refractivity contribution in [3.8, 4) is 0 Å². The summed E-state index contributed by atoms with van der Waals surface area (Å²) in [6.07, 6.45) is 18.7. The molecule has 0 saturated heterocycles. The third kappa shape index (κ3) is 20.8. The van der Waals surface area contributed by atoms with Gasteiger partial charge in [-0.05, 0) is 6.42 Å². The SMILES string of the molecule is CCCCCCCCCCCCCCCCC(=O)O.[NaH]. The number of rotatable bonds is 15. The third-order valence-electron chi connectivity index (χ3n) is 3.74. The summed E-state index contributed by atoms with van der Waals surface area (Å²) in [5, 5.41) is 8.50. The third-order valence-corrected chi connectivity index (χ3v) is 3.74. The second kappa shape index (κ2) is 19.5. The summed E-state index contributed by atoms with van der Waals surface area (Å²) in [5.74, 6) is -0.654. The Balaban J connectivity index is 0. The average Bonchev–Trinajstić information content (AvgIpc) is 2.39. The molecule has 0 rings (SSSR count). The van der Waals surface area contributed by atoms with Crippen molar-refractivity contribution in [3.63, 3.8) is 0 Å². The fourth-order valence-corrected chi connectivity index (χ4v) is 2.47. The first-order chi connectivity index (χ1) is 9.27. The number of carbonyl (C=O) groups is 1. The molecule has 1 N–H and O–H groups in total. The Labute approximate surface area is 148 Å². The summed E-state index contributed by atoms with van der Waals surface area (Å²) >= 11 is 0. The van der Waals surface area contributed by atoms with Gasteiger partial charge in [-0.25, -0.2) is 0 Å². The number of carboxylic acids is 1. The average molecular weight is 294 g/mol. The Bertz CT molecular complexity index is 195. The van der Waals surface area contributed by atoms with Gasteiger partial charge in [0.05, 0.1) is 0 Å². The van der Waals surface area contributed by atoms with Gasteiger partial charge in [0.15, 0.2) is 0 Å². The molecule has 0 unspecified atom stereocenters. The van der Waals surface area contributed by atoms with Crippen LogP contribution in [0, 0.1) is 0 Å². The first-order valence-corrected chi connectivity index (χ1v) is 8.49. The van der Waals surface area contributed by atoms with Crippen molar-refractivity contribution < 1.29 is 9.90 Å². The van der Waals surface area contributed by atoms with E-state index in [0.717, 1.165) is 12.8 Å². The monoisotopic (exact) mass is 294 g/mol. The van der Waals surface area contributed by atoms with Crippen LogP contribution in [0.2, 0.25) is 0 Å². The van der Waals surface area contributed by atoms with Crippen molar-refractivity contribution in [3.05, 3.63) is 0 Å². The number of unbranched alkanes of at least 4 members (excludes halogenated alkanes) is 13. The number of carboxylic acid groups (broad SMARTS) is 1. The van der Waals surface area contributed by atoms with Gasteiger partial charge in [0.25, 0.3) is 0 Å². The van der Waals surface area contributed by atoms with Crippen LogP contribution >= 0.6 is 0 Å². The number of hydrogen-bond acceptors (Lipinski definition) is 1. The summed E-state index contributed by atoms with van der Waals surface area (Å²) in [4.78, 5) is 10.3. The molecule has 0 spiro atoms. The van der Waals surface area contributed by atoms with E-state index in [4.69, 9.17) is 5.11 Å².